The van der Waals surface area contributed by atoms with Crippen molar-refractivity contribution >= 4 is 39.1 Å². The third-order valence-corrected chi connectivity index (χ3v) is 7.58. The first kappa shape index (κ1) is 28.7. The first-order valence-electron chi connectivity index (χ1n) is 13.2. The Morgan fingerprint density at radius 1 is 1.05 bits per heavy atom. The molecule has 0 aliphatic carbocycles. The third-order valence-electron chi connectivity index (χ3n) is 6.48. The van der Waals surface area contributed by atoms with E-state index in [9.17, 15) is 8.60 Å². The SMILES string of the molecule is CCNC(CS(C)=O)c1ccc(-c2ccc3ncnc(NCc4ccc(OCc5cccc(F)c5)c(Cl)c4)c3c2)o1. The minimum absolute atomic E-state index is 0.120. The van der Waals surface area contributed by atoms with Crippen LogP contribution in [0.25, 0.3) is 22.2 Å². The van der Waals surface area contributed by atoms with E-state index in [-0.39, 0.29) is 18.5 Å². The van der Waals surface area contributed by atoms with Gasteiger partial charge in [-0.3, -0.25) is 4.21 Å². The summed E-state index contributed by atoms with van der Waals surface area (Å²) in [6.07, 6.45) is 3.22. The van der Waals surface area contributed by atoms with Crippen LogP contribution in [-0.4, -0.2) is 32.7 Å². The molecule has 7 nitrogen and oxygen atoms in total. The molecule has 0 fully saturated rings. The van der Waals surface area contributed by atoms with Crippen LogP contribution in [0.15, 0.2) is 83.5 Å². The maximum Gasteiger partial charge on any atom is 0.138 e. The Balaban J connectivity index is 1.30. The van der Waals surface area contributed by atoms with Gasteiger partial charge in [0.05, 0.1) is 16.6 Å². The Morgan fingerprint density at radius 3 is 2.71 bits per heavy atom. The summed E-state index contributed by atoms with van der Waals surface area (Å²) in [6.45, 7) is 3.45. The molecule has 0 saturated carbocycles. The number of halogens is 2. The molecule has 0 spiro atoms. The maximum absolute atomic E-state index is 13.4. The van der Waals surface area contributed by atoms with Crippen molar-refractivity contribution in [3.63, 3.8) is 0 Å². The Morgan fingerprint density at radius 2 is 1.93 bits per heavy atom. The molecule has 0 saturated heterocycles. The van der Waals surface area contributed by atoms with E-state index in [1.807, 2.05) is 49.4 Å². The number of benzene rings is 3. The molecular formula is C31H30ClFN4O3S. The van der Waals surface area contributed by atoms with Crippen molar-refractivity contribution in [1.82, 2.24) is 15.3 Å². The molecule has 2 N–H and O–H groups in total. The van der Waals surface area contributed by atoms with Crippen LogP contribution < -0.4 is 15.4 Å². The molecule has 5 aromatic rings. The largest absolute Gasteiger partial charge is 0.487 e. The van der Waals surface area contributed by atoms with Crippen molar-refractivity contribution in [2.45, 2.75) is 26.1 Å². The number of nitrogens with one attached hydrogen (secondary N) is 2. The van der Waals surface area contributed by atoms with E-state index in [2.05, 4.69) is 20.6 Å². The summed E-state index contributed by atoms with van der Waals surface area (Å²) in [4.78, 5) is 8.88. The number of furan rings is 1. The lowest BCUT2D eigenvalue weighted by molar-refractivity contribution is 0.305. The number of anilines is 1. The quantitative estimate of drug-likeness (QED) is 0.163. The van der Waals surface area contributed by atoms with E-state index in [0.717, 1.165) is 39.9 Å². The molecule has 2 atom stereocenters. The molecule has 5 rings (SSSR count). The monoisotopic (exact) mass is 592 g/mol. The summed E-state index contributed by atoms with van der Waals surface area (Å²) in [7, 11) is -0.961. The van der Waals surface area contributed by atoms with Crippen molar-refractivity contribution in [2.75, 3.05) is 23.9 Å². The van der Waals surface area contributed by atoms with Crippen molar-refractivity contribution < 1.29 is 17.8 Å². The molecule has 10 heteroatoms. The minimum atomic E-state index is -0.961. The molecule has 0 aliphatic heterocycles. The highest BCUT2D eigenvalue weighted by Crippen LogP contribution is 2.31. The van der Waals surface area contributed by atoms with Gasteiger partial charge in [0.1, 0.15) is 41.8 Å². The normalized spacial score (nSPS) is 12.8. The van der Waals surface area contributed by atoms with Gasteiger partial charge in [-0.25, -0.2) is 14.4 Å². The maximum atomic E-state index is 13.4. The summed E-state index contributed by atoms with van der Waals surface area (Å²) in [5, 5.41) is 8.04. The average molecular weight is 593 g/mol. The van der Waals surface area contributed by atoms with Gasteiger partial charge in [0.25, 0.3) is 0 Å². The lowest BCUT2D eigenvalue weighted by Crippen LogP contribution is -2.25. The van der Waals surface area contributed by atoms with E-state index in [1.165, 1.54) is 18.5 Å². The van der Waals surface area contributed by atoms with Crippen LogP contribution in [0.3, 0.4) is 0 Å². The first-order valence-corrected chi connectivity index (χ1v) is 15.3. The Labute approximate surface area is 245 Å². The van der Waals surface area contributed by atoms with Crippen LogP contribution in [0.1, 0.15) is 29.9 Å². The highest BCUT2D eigenvalue weighted by Gasteiger charge is 2.17. The second-order valence-corrected chi connectivity index (χ2v) is 11.4. The highest BCUT2D eigenvalue weighted by molar-refractivity contribution is 7.84. The zero-order valence-electron chi connectivity index (χ0n) is 22.7. The molecule has 212 valence electrons. The van der Waals surface area contributed by atoms with Gasteiger partial charge >= 0.3 is 0 Å². The predicted octanol–water partition coefficient (Wildman–Crippen LogP) is 6.90. The topological polar surface area (TPSA) is 89.3 Å². The van der Waals surface area contributed by atoms with Crippen LogP contribution in [-0.2, 0) is 24.0 Å². The fourth-order valence-electron chi connectivity index (χ4n) is 4.51. The fourth-order valence-corrected chi connectivity index (χ4v) is 5.52. The van der Waals surface area contributed by atoms with Crippen LogP contribution in [0.5, 0.6) is 5.75 Å². The molecule has 0 aliphatic rings. The molecule has 0 bridgehead atoms. The predicted molar refractivity (Wildman–Crippen MR) is 162 cm³/mol. The molecule has 2 heterocycles. The first-order chi connectivity index (χ1) is 19.9. The van der Waals surface area contributed by atoms with E-state index >= 15 is 0 Å². The molecule has 0 amide bonds. The summed E-state index contributed by atoms with van der Waals surface area (Å²) < 4.78 is 37.2. The molecule has 2 aromatic heterocycles. The third kappa shape index (κ3) is 7.30. The van der Waals surface area contributed by atoms with Crippen LogP contribution >= 0.6 is 11.6 Å². The van der Waals surface area contributed by atoms with E-state index in [1.54, 1.807) is 24.5 Å². The Bertz CT molecular complexity index is 1680. The highest BCUT2D eigenvalue weighted by atomic mass is 35.5. The Hall–Kier alpha value is -3.79. The molecular weight excluding hydrogens is 563 g/mol. The zero-order valence-corrected chi connectivity index (χ0v) is 24.3. The summed E-state index contributed by atoms with van der Waals surface area (Å²) in [5.41, 5.74) is 3.35. The van der Waals surface area contributed by atoms with Crippen molar-refractivity contribution in [3.05, 3.63) is 107 Å². The smallest absolute Gasteiger partial charge is 0.138 e. The summed E-state index contributed by atoms with van der Waals surface area (Å²) in [5.74, 6) is 2.84. The number of ether oxygens (including phenoxy) is 1. The van der Waals surface area contributed by atoms with Gasteiger partial charge in [0, 0.05) is 40.3 Å². The van der Waals surface area contributed by atoms with Gasteiger partial charge in [-0.1, -0.05) is 36.7 Å². The number of hydrogen-bond donors (Lipinski definition) is 2. The Kier molecular flexibility index (Phi) is 9.28. The van der Waals surface area contributed by atoms with Crippen LogP contribution in [0, 0.1) is 5.82 Å². The minimum Gasteiger partial charge on any atom is -0.487 e. The second kappa shape index (κ2) is 13.2. The number of hydrogen-bond acceptors (Lipinski definition) is 7. The number of aromatic nitrogens is 2. The van der Waals surface area contributed by atoms with E-state index < -0.39 is 10.8 Å². The van der Waals surface area contributed by atoms with Crippen molar-refractivity contribution in [2.24, 2.45) is 0 Å². The van der Waals surface area contributed by atoms with E-state index in [0.29, 0.717) is 34.6 Å². The fraction of sp³-hybridized carbons (Fsp3) is 0.226. The van der Waals surface area contributed by atoms with Gasteiger partial charge in [0.15, 0.2) is 0 Å². The summed E-state index contributed by atoms with van der Waals surface area (Å²) in [6, 6.07) is 21.5. The van der Waals surface area contributed by atoms with Gasteiger partial charge in [-0.15, -0.1) is 0 Å². The lowest BCUT2D eigenvalue weighted by Gasteiger charge is -2.14. The lowest BCUT2D eigenvalue weighted by atomic mass is 10.1. The van der Waals surface area contributed by atoms with Crippen LogP contribution in [0.2, 0.25) is 5.02 Å². The van der Waals surface area contributed by atoms with Gasteiger partial charge in [-0.05, 0) is 72.3 Å². The van der Waals surface area contributed by atoms with Gasteiger partial charge in [-0.2, -0.15) is 0 Å². The number of rotatable bonds is 12. The van der Waals surface area contributed by atoms with E-state index in [4.69, 9.17) is 20.8 Å². The van der Waals surface area contributed by atoms with Crippen molar-refractivity contribution in [3.8, 4) is 17.1 Å². The van der Waals surface area contributed by atoms with Gasteiger partial charge < -0.3 is 19.8 Å². The second-order valence-electron chi connectivity index (χ2n) is 9.54. The molecule has 3 aromatic carbocycles. The number of nitrogens with zero attached hydrogens (tertiary/aromatic N) is 2. The number of fused-ring (bicyclic) bond motifs is 1. The molecule has 2 unspecified atom stereocenters. The standard InChI is InChI=1S/C31H30ClFN4O3S/c1-3-34-27(18-41(2)38)30-12-11-28(40-30)22-8-9-26-24(15-22)31(37-19-36-26)35-16-20-7-10-29(25(32)14-20)39-17-21-5-4-6-23(33)13-21/h4-15,19,27,34H,3,16-18H2,1-2H3,(H,35,36,37). The molecule has 0 radical (unpaired) electrons. The zero-order chi connectivity index (χ0) is 28.8. The average Bonchev–Trinajstić information content (AvgIpc) is 3.45. The summed E-state index contributed by atoms with van der Waals surface area (Å²) >= 11 is 6.48. The van der Waals surface area contributed by atoms with Crippen molar-refractivity contribution in [1.29, 1.82) is 0 Å². The van der Waals surface area contributed by atoms with Gasteiger partial charge in [0.2, 0.25) is 0 Å². The van der Waals surface area contributed by atoms with Crippen LogP contribution in [0.4, 0.5) is 10.2 Å². The molecule has 41 heavy (non-hydrogen) atoms.